The van der Waals surface area contributed by atoms with Crippen LogP contribution < -0.4 is 14.8 Å². The van der Waals surface area contributed by atoms with Crippen LogP contribution in [0.1, 0.15) is 11.5 Å². The number of ether oxygens (including phenoxy) is 2. The fourth-order valence-corrected chi connectivity index (χ4v) is 1.83. The number of rotatable bonds is 3. The normalized spacial score (nSPS) is 18.8. The molecule has 18 heavy (non-hydrogen) atoms. The third-order valence-electron chi connectivity index (χ3n) is 2.73. The van der Waals surface area contributed by atoms with Crippen LogP contribution in [0.2, 0.25) is 0 Å². The van der Waals surface area contributed by atoms with Gasteiger partial charge in [0.1, 0.15) is 5.92 Å². The van der Waals surface area contributed by atoms with Crippen molar-refractivity contribution in [2.24, 2.45) is 0 Å². The molecule has 0 spiro atoms. The minimum absolute atomic E-state index is 0.398. The SMILES string of the molecule is COc1ccc(C2C(=O)NC(=O)C2=O)cc1OC. The van der Waals surface area contributed by atoms with Gasteiger partial charge >= 0.3 is 0 Å². The van der Waals surface area contributed by atoms with Crippen molar-refractivity contribution in [1.29, 1.82) is 0 Å². The lowest BCUT2D eigenvalue weighted by atomic mass is 9.96. The first-order chi connectivity index (χ1) is 8.58. The Kier molecular flexibility index (Phi) is 3.01. The van der Waals surface area contributed by atoms with Gasteiger partial charge in [-0.15, -0.1) is 0 Å². The zero-order valence-electron chi connectivity index (χ0n) is 9.85. The molecule has 0 aromatic heterocycles. The highest BCUT2D eigenvalue weighted by molar-refractivity contribution is 6.50. The van der Waals surface area contributed by atoms with E-state index >= 15 is 0 Å². The zero-order chi connectivity index (χ0) is 13.3. The van der Waals surface area contributed by atoms with Gasteiger partial charge in [0, 0.05) is 0 Å². The number of ketones is 1. The maximum Gasteiger partial charge on any atom is 0.295 e. The number of amides is 2. The number of methoxy groups -OCH3 is 2. The Labute approximate surface area is 103 Å². The van der Waals surface area contributed by atoms with Crippen molar-refractivity contribution >= 4 is 17.6 Å². The Morgan fingerprint density at radius 1 is 1.06 bits per heavy atom. The quantitative estimate of drug-likeness (QED) is 0.463. The molecule has 1 fully saturated rings. The third-order valence-corrected chi connectivity index (χ3v) is 2.73. The summed E-state index contributed by atoms with van der Waals surface area (Å²) < 4.78 is 10.1. The topological polar surface area (TPSA) is 81.7 Å². The molecule has 2 rings (SSSR count). The van der Waals surface area contributed by atoms with Gasteiger partial charge in [-0.3, -0.25) is 19.7 Å². The second kappa shape index (κ2) is 4.48. The molecule has 1 aliphatic rings. The molecule has 1 N–H and O–H groups in total. The highest BCUT2D eigenvalue weighted by atomic mass is 16.5. The van der Waals surface area contributed by atoms with Gasteiger partial charge in [-0.1, -0.05) is 6.07 Å². The lowest BCUT2D eigenvalue weighted by Crippen LogP contribution is -2.22. The number of hydrogen-bond donors (Lipinski definition) is 1. The molecule has 1 unspecified atom stereocenters. The smallest absolute Gasteiger partial charge is 0.295 e. The molecule has 0 bridgehead atoms. The molecule has 0 radical (unpaired) electrons. The first kappa shape index (κ1) is 12.1. The van der Waals surface area contributed by atoms with Crippen molar-refractivity contribution in [3.8, 4) is 11.5 Å². The van der Waals surface area contributed by atoms with E-state index in [9.17, 15) is 14.4 Å². The highest BCUT2D eigenvalue weighted by Crippen LogP contribution is 2.32. The number of Topliss-reactive ketones (excluding diaryl/α,β-unsaturated/α-hetero) is 1. The molecule has 1 aromatic rings. The lowest BCUT2D eigenvalue weighted by molar-refractivity contribution is -0.135. The van der Waals surface area contributed by atoms with Crippen LogP contribution in [0.4, 0.5) is 0 Å². The second-order valence-corrected chi connectivity index (χ2v) is 3.73. The molecule has 2 amide bonds. The molecule has 6 heteroatoms. The van der Waals surface area contributed by atoms with Crippen molar-refractivity contribution in [2.45, 2.75) is 5.92 Å². The summed E-state index contributed by atoms with van der Waals surface area (Å²) in [7, 11) is 2.93. The van der Waals surface area contributed by atoms with E-state index in [1.54, 1.807) is 12.1 Å². The molecular formula is C12H11NO5. The zero-order valence-corrected chi connectivity index (χ0v) is 9.85. The molecule has 0 saturated carbocycles. The molecule has 1 heterocycles. The summed E-state index contributed by atoms with van der Waals surface area (Å²) in [5.41, 5.74) is 0.404. The van der Waals surface area contributed by atoms with Gasteiger partial charge in [-0.2, -0.15) is 0 Å². The molecule has 0 aliphatic carbocycles. The summed E-state index contributed by atoms with van der Waals surface area (Å²) in [5.74, 6) is -2.46. The van der Waals surface area contributed by atoms with E-state index < -0.39 is 23.5 Å². The summed E-state index contributed by atoms with van der Waals surface area (Å²) in [6.45, 7) is 0. The van der Waals surface area contributed by atoms with Gasteiger partial charge < -0.3 is 9.47 Å². The number of hydrogen-bond acceptors (Lipinski definition) is 5. The Hall–Kier alpha value is -2.37. The van der Waals surface area contributed by atoms with E-state index in [0.717, 1.165) is 0 Å². The Morgan fingerprint density at radius 3 is 2.22 bits per heavy atom. The summed E-state index contributed by atoms with van der Waals surface area (Å²) in [6, 6.07) is 4.65. The Bertz CT molecular complexity index is 537. The number of imide groups is 1. The number of nitrogens with one attached hydrogen (secondary N) is 1. The monoisotopic (exact) mass is 249 g/mol. The number of carbonyl (C=O) groups excluding carboxylic acids is 3. The molecule has 1 atom stereocenters. The van der Waals surface area contributed by atoms with Crippen molar-refractivity contribution in [2.75, 3.05) is 14.2 Å². The van der Waals surface area contributed by atoms with Crippen LogP contribution in [0, 0.1) is 0 Å². The predicted octanol–water partition coefficient (Wildman–Crippen LogP) is 0.0129. The Morgan fingerprint density at radius 2 is 1.72 bits per heavy atom. The van der Waals surface area contributed by atoms with Crippen molar-refractivity contribution in [3.63, 3.8) is 0 Å². The summed E-state index contributed by atoms with van der Waals surface area (Å²) in [6.07, 6.45) is 0. The van der Waals surface area contributed by atoms with E-state index in [0.29, 0.717) is 17.1 Å². The van der Waals surface area contributed by atoms with E-state index in [1.807, 2.05) is 5.32 Å². The average molecular weight is 249 g/mol. The van der Waals surface area contributed by atoms with E-state index in [4.69, 9.17) is 9.47 Å². The molecule has 94 valence electrons. The van der Waals surface area contributed by atoms with Gasteiger partial charge in [0.25, 0.3) is 5.91 Å². The predicted molar refractivity (Wildman–Crippen MR) is 60.4 cm³/mol. The Balaban J connectivity index is 2.43. The minimum atomic E-state index is -1.10. The van der Waals surface area contributed by atoms with E-state index in [2.05, 4.69) is 0 Å². The fourth-order valence-electron chi connectivity index (χ4n) is 1.83. The highest BCUT2D eigenvalue weighted by Gasteiger charge is 2.41. The average Bonchev–Trinajstić information content (AvgIpc) is 2.62. The molecular weight excluding hydrogens is 238 g/mol. The van der Waals surface area contributed by atoms with Crippen molar-refractivity contribution < 1.29 is 23.9 Å². The molecule has 1 aromatic carbocycles. The van der Waals surface area contributed by atoms with Crippen molar-refractivity contribution in [3.05, 3.63) is 23.8 Å². The maximum absolute atomic E-state index is 11.6. The third kappa shape index (κ3) is 1.81. The van der Waals surface area contributed by atoms with Crippen LogP contribution in [-0.4, -0.2) is 31.8 Å². The van der Waals surface area contributed by atoms with Crippen molar-refractivity contribution in [1.82, 2.24) is 5.32 Å². The van der Waals surface area contributed by atoms with Crippen LogP contribution >= 0.6 is 0 Å². The fraction of sp³-hybridized carbons (Fsp3) is 0.250. The first-order valence-electron chi connectivity index (χ1n) is 5.19. The number of carbonyl (C=O) groups is 3. The van der Waals surface area contributed by atoms with Gasteiger partial charge in [0.15, 0.2) is 11.5 Å². The van der Waals surface area contributed by atoms with Crippen LogP contribution in [0.3, 0.4) is 0 Å². The molecule has 1 aliphatic heterocycles. The maximum atomic E-state index is 11.6. The van der Waals surface area contributed by atoms with Gasteiger partial charge in [0.2, 0.25) is 11.7 Å². The van der Waals surface area contributed by atoms with Crippen LogP contribution in [-0.2, 0) is 14.4 Å². The minimum Gasteiger partial charge on any atom is -0.493 e. The summed E-state index contributed by atoms with van der Waals surface area (Å²) >= 11 is 0. The van der Waals surface area contributed by atoms with Gasteiger partial charge in [-0.05, 0) is 17.7 Å². The standard InChI is InChI=1S/C12H11NO5/c1-17-7-4-3-6(5-8(7)18-2)9-10(14)12(16)13-11(9)15/h3-5,9H,1-2H3,(H,13,15,16). The first-order valence-corrected chi connectivity index (χ1v) is 5.19. The summed E-state index contributed by atoms with van der Waals surface area (Å²) in [4.78, 5) is 34.2. The molecule has 6 nitrogen and oxygen atoms in total. The lowest BCUT2D eigenvalue weighted by Gasteiger charge is -2.11. The van der Waals surface area contributed by atoms with Crippen LogP contribution in [0.15, 0.2) is 18.2 Å². The van der Waals surface area contributed by atoms with E-state index in [1.165, 1.54) is 20.3 Å². The van der Waals surface area contributed by atoms with Gasteiger partial charge in [0.05, 0.1) is 14.2 Å². The van der Waals surface area contributed by atoms with E-state index in [-0.39, 0.29) is 0 Å². The largest absolute Gasteiger partial charge is 0.493 e. The second-order valence-electron chi connectivity index (χ2n) is 3.73. The van der Waals surface area contributed by atoms with Gasteiger partial charge in [-0.25, -0.2) is 0 Å². The summed E-state index contributed by atoms with van der Waals surface area (Å²) in [5, 5.41) is 1.98. The van der Waals surface area contributed by atoms with Crippen LogP contribution in [0.25, 0.3) is 0 Å². The van der Waals surface area contributed by atoms with Crippen LogP contribution in [0.5, 0.6) is 11.5 Å². The molecule has 1 saturated heterocycles. The number of benzene rings is 1.